The average Bonchev–Trinajstić information content (AvgIpc) is 2.65. The summed E-state index contributed by atoms with van der Waals surface area (Å²) in [7, 11) is 1.74. The van der Waals surface area contributed by atoms with Gasteiger partial charge >= 0.3 is 0 Å². The van der Waals surface area contributed by atoms with E-state index in [1.807, 2.05) is 0 Å². The molecule has 0 radical (unpaired) electrons. The summed E-state index contributed by atoms with van der Waals surface area (Å²) in [6, 6.07) is 9.75. The molecule has 6 nitrogen and oxygen atoms in total. The number of nitrogens with zero attached hydrogens (tertiary/aromatic N) is 2. The maximum absolute atomic E-state index is 12.4. The summed E-state index contributed by atoms with van der Waals surface area (Å²) < 4.78 is 0. The Balaban J connectivity index is 2.14. The number of rotatable bonds is 7. The number of carbonyl (C=O) groups is 3. The van der Waals surface area contributed by atoms with Gasteiger partial charge in [-0.05, 0) is 37.6 Å². The summed E-state index contributed by atoms with van der Waals surface area (Å²) in [5, 5.41) is 2.70. The molecule has 26 heavy (non-hydrogen) atoms. The van der Waals surface area contributed by atoms with Gasteiger partial charge in [0.2, 0.25) is 0 Å². The zero-order valence-electron chi connectivity index (χ0n) is 15.3. The Morgan fingerprint density at radius 3 is 2.58 bits per heavy atom. The minimum absolute atomic E-state index is 0.0815. The van der Waals surface area contributed by atoms with Gasteiger partial charge in [0.25, 0.3) is 11.8 Å². The van der Waals surface area contributed by atoms with E-state index >= 15 is 0 Å². The predicted octanol–water partition coefficient (Wildman–Crippen LogP) is 3.41. The quantitative estimate of drug-likeness (QED) is 0.774. The molecular weight excluding hydrogens is 330 g/mol. The van der Waals surface area contributed by atoms with Crippen LogP contribution >= 0.6 is 0 Å². The van der Waals surface area contributed by atoms with Crippen LogP contribution in [0.25, 0.3) is 0 Å². The highest BCUT2D eigenvalue weighted by Crippen LogP contribution is 2.13. The predicted molar refractivity (Wildman–Crippen MR) is 101 cm³/mol. The van der Waals surface area contributed by atoms with Crippen molar-refractivity contribution in [3.8, 4) is 0 Å². The lowest BCUT2D eigenvalue weighted by Gasteiger charge is -2.17. The highest BCUT2D eigenvalue weighted by molar-refractivity contribution is 6.05. The van der Waals surface area contributed by atoms with Gasteiger partial charge in [0.05, 0.1) is 0 Å². The molecule has 0 aliphatic rings. The molecule has 1 heterocycles. The highest BCUT2D eigenvalue weighted by Gasteiger charge is 2.15. The van der Waals surface area contributed by atoms with Gasteiger partial charge in [0.1, 0.15) is 5.69 Å². The fourth-order valence-electron chi connectivity index (χ4n) is 2.42. The SMILES string of the molecule is CCCCN(C)C(=O)c1ccnc(C(=O)Nc2cccc(C(C)=O)c2)c1. The molecule has 1 aromatic carbocycles. The number of nitrogens with one attached hydrogen (secondary N) is 1. The first-order valence-corrected chi connectivity index (χ1v) is 8.56. The molecular formula is C20H23N3O3. The molecule has 0 aliphatic heterocycles. The van der Waals surface area contributed by atoms with Crippen LogP contribution < -0.4 is 5.32 Å². The Hall–Kier alpha value is -3.02. The van der Waals surface area contributed by atoms with Crippen LogP contribution in [0, 0.1) is 0 Å². The van der Waals surface area contributed by atoms with Crippen molar-refractivity contribution in [3.63, 3.8) is 0 Å². The molecule has 0 atom stereocenters. The van der Waals surface area contributed by atoms with E-state index in [-0.39, 0.29) is 17.4 Å². The second-order valence-electron chi connectivity index (χ2n) is 6.10. The Morgan fingerprint density at radius 2 is 1.88 bits per heavy atom. The first-order valence-electron chi connectivity index (χ1n) is 8.56. The van der Waals surface area contributed by atoms with Crippen molar-refractivity contribution in [3.05, 3.63) is 59.4 Å². The first-order chi connectivity index (χ1) is 12.4. The second-order valence-corrected chi connectivity index (χ2v) is 6.10. The molecule has 0 spiro atoms. The largest absolute Gasteiger partial charge is 0.342 e. The van der Waals surface area contributed by atoms with E-state index in [2.05, 4.69) is 17.2 Å². The fraction of sp³-hybridized carbons (Fsp3) is 0.300. The van der Waals surface area contributed by atoms with Gasteiger partial charge in [-0.25, -0.2) is 0 Å². The smallest absolute Gasteiger partial charge is 0.274 e. The molecule has 0 saturated carbocycles. The summed E-state index contributed by atoms with van der Waals surface area (Å²) in [6.07, 6.45) is 3.37. The van der Waals surface area contributed by atoms with E-state index in [1.54, 1.807) is 42.3 Å². The molecule has 0 bridgehead atoms. The van der Waals surface area contributed by atoms with Crippen molar-refractivity contribution < 1.29 is 14.4 Å². The van der Waals surface area contributed by atoms with Crippen molar-refractivity contribution in [2.75, 3.05) is 18.9 Å². The van der Waals surface area contributed by atoms with Crippen LogP contribution in [-0.4, -0.2) is 41.1 Å². The topological polar surface area (TPSA) is 79.4 Å². The Morgan fingerprint density at radius 1 is 1.12 bits per heavy atom. The van der Waals surface area contributed by atoms with Gasteiger partial charge in [-0.3, -0.25) is 19.4 Å². The lowest BCUT2D eigenvalue weighted by atomic mass is 10.1. The van der Waals surface area contributed by atoms with Crippen LogP contribution in [0.5, 0.6) is 0 Å². The maximum atomic E-state index is 12.4. The van der Waals surface area contributed by atoms with Crippen molar-refractivity contribution >= 4 is 23.3 Å². The molecule has 2 aromatic rings. The van der Waals surface area contributed by atoms with Gasteiger partial charge in [-0.1, -0.05) is 25.5 Å². The molecule has 1 N–H and O–H groups in total. The molecule has 2 rings (SSSR count). The van der Waals surface area contributed by atoms with Gasteiger partial charge in [0, 0.05) is 36.6 Å². The van der Waals surface area contributed by atoms with Crippen molar-refractivity contribution in [1.29, 1.82) is 0 Å². The van der Waals surface area contributed by atoms with Gasteiger partial charge in [-0.15, -0.1) is 0 Å². The standard InChI is InChI=1S/C20H23N3O3/c1-4-5-11-23(3)20(26)16-9-10-21-18(13-16)19(25)22-17-8-6-7-15(12-17)14(2)24/h6-10,12-13H,4-5,11H2,1-3H3,(H,22,25). The number of benzene rings is 1. The number of Topliss-reactive ketones (excluding diaryl/α,β-unsaturated/α-hetero) is 1. The van der Waals surface area contributed by atoms with Gasteiger partial charge in [0.15, 0.2) is 5.78 Å². The third kappa shape index (κ3) is 4.99. The molecule has 0 fully saturated rings. The van der Waals surface area contributed by atoms with E-state index in [1.165, 1.54) is 19.2 Å². The van der Waals surface area contributed by atoms with Crippen molar-refractivity contribution in [2.24, 2.45) is 0 Å². The number of pyridine rings is 1. The van der Waals surface area contributed by atoms with E-state index in [4.69, 9.17) is 0 Å². The molecule has 0 unspecified atom stereocenters. The van der Waals surface area contributed by atoms with E-state index < -0.39 is 5.91 Å². The lowest BCUT2D eigenvalue weighted by Crippen LogP contribution is -2.28. The maximum Gasteiger partial charge on any atom is 0.274 e. The summed E-state index contributed by atoms with van der Waals surface area (Å²) in [6.45, 7) is 4.19. The third-order valence-corrected chi connectivity index (χ3v) is 3.96. The van der Waals surface area contributed by atoms with E-state index in [9.17, 15) is 14.4 Å². The summed E-state index contributed by atoms with van der Waals surface area (Å²) in [5.74, 6) is -0.660. The molecule has 0 saturated heterocycles. The minimum atomic E-state index is -0.434. The average molecular weight is 353 g/mol. The van der Waals surface area contributed by atoms with Crippen LogP contribution in [0.1, 0.15) is 57.9 Å². The first kappa shape index (κ1) is 19.3. The van der Waals surface area contributed by atoms with Crippen LogP contribution in [0.15, 0.2) is 42.6 Å². The van der Waals surface area contributed by atoms with Crippen LogP contribution in [0.4, 0.5) is 5.69 Å². The number of anilines is 1. The molecule has 1 aromatic heterocycles. The number of carbonyl (C=O) groups excluding carboxylic acids is 3. The lowest BCUT2D eigenvalue weighted by molar-refractivity contribution is 0.0793. The second kappa shape index (κ2) is 8.89. The number of unbranched alkanes of at least 4 members (excludes halogenated alkanes) is 1. The van der Waals surface area contributed by atoms with Gasteiger partial charge in [-0.2, -0.15) is 0 Å². The molecule has 2 amide bonds. The van der Waals surface area contributed by atoms with Crippen molar-refractivity contribution in [1.82, 2.24) is 9.88 Å². The monoisotopic (exact) mass is 353 g/mol. The fourth-order valence-corrected chi connectivity index (χ4v) is 2.42. The Labute approximate surface area is 153 Å². The third-order valence-electron chi connectivity index (χ3n) is 3.96. The normalized spacial score (nSPS) is 10.3. The summed E-state index contributed by atoms with van der Waals surface area (Å²) >= 11 is 0. The summed E-state index contributed by atoms with van der Waals surface area (Å²) in [5.41, 5.74) is 1.58. The van der Waals surface area contributed by atoms with E-state index in [0.29, 0.717) is 23.4 Å². The number of hydrogen-bond acceptors (Lipinski definition) is 4. The van der Waals surface area contributed by atoms with Crippen molar-refractivity contribution in [2.45, 2.75) is 26.7 Å². The summed E-state index contributed by atoms with van der Waals surface area (Å²) in [4.78, 5) is 42.0. The minimum Gasteiger partial charge on any atom is -0.342 e. The van der Waals surface area contributed by atoms with Gasteiger partial charge < -0.3 is 10.2 Å². The Kier molecular flexibility index (Phi) is 6.60. The number of hydrogen-bond donors (Lipinski definition) is 1. The van der Waals surface area contributed by atoms with Crippen LogP contribution in [-0.2, 0) is 0 Å². The van der Waals surface area contributed by atoms with E-state index in [0.717, 1.165) is 12.8 Å². The number of aromatic nitrogens is 1. The van der Waals surface area contributed by atoms with Crippen LogP contribution in [0.2, 0.25) is 0 Å². The molecule has 6 heteroatoms. The zero-order valence-corrected chi connectivity index (χ0v) is 15.3. The zero-order chi connectivity index (χ0) is 19.1. The highest BCUT2D eigenvalue weighted by atomic mass is 16.2. The Bertz CT molecular complexity index is 817. The van der Waals surface area contributed by atoms with Crippen LogP contribution in [0.3, 0.4) is 0 Å². The molecule has 0 aliphatic carbocycles. The molecule has 136 valence electrons. The number of ketones is 1. The number of amides is 2.